The van der Waals surface area contributed by atoms with E-state index in [0.29, 0.717) is 11.1 Å². The van der Waals surface area contributed by atoms with E-state index in [1.165, 1.54) is 128 Å². The van der Waals surface area contributed by atoms with Crippen molar-refractivity contribution in [1.29, 1.82) is 0 Å². The molecule has 4 saturated carbocycles. The second-order valence-corrected chi connectivity index (χ2v) is 10.2. The second-order valence-electron chi connectivity index (χ2n) is 10.2. The number of hydrogen-bond acceptors (Lipinski definition) is 1. The highest BCUT2D eigenvalue weighted by molar-refractivity contribution is 5.07. The molecule has 0 amide bonds. The zero-order chi connectivity index (χ0) is 17.0. The van der Waals surface area contributed by atoms with Crippen LogP contribution >= 0.6 is 0 Å². The Morgan fingerprint density at radius 3 is 1.08 bits per heavy atom. The fourth-order valence-electron chi connectivity index (χ4n) is 7.44. The summed E-state index contributed by atoms with van der Waals surface area (Å²) < 4.78 is 0. The molecule has 0 atom stereocenters. The third-order valence-electron chi connectivity index (χ3n) is 8.76. The first-order valence-corrected chi connectivity index (χ1v) is 12.1. The van der Waals surface area contributed by atoms with Gasteiger partial charge < -0.3 is 5.32 Å². The summed E-state index contributed by atoms with van der Waals surface area (Å²) in [6.07, 6.45) is 30.0. The summed E-state index contributed by atoms with van der Waals surface area (Å²) in [6.45, 7) is 0. The molecule has 1 heteroatoms. The largest absolute Gasteiger partial charge is 0.305 e. The van der Waals surface area contributed by atoms with Crippen molar-refractivity contribution in [2.75, 3.05) is 0 Å². The van der Waals surface area contributed by atoms with Gasteiger partial charge in [-0.3, -0.25) is 0 Å². The zero-order valence-electron chi connectivity index (χ0n) is 16.8. The molecule has 1 N–H and O–H groups in total. The minimum Gasteiger partial charge on any atom is -0.305 e. The number of rotatable bonds is 4. The van der Waals surface area contributed by atoms with E-state index in [0.717, 1.165) is 11.8 Å². The molecule has 0 saturated heterocycles. The molecule has 0 aromatic heterocycles. The molecule has 4 fully saturated rings. The first-order valence-electron chi connectivity index (χ1n) is 12.1. The van der Waals surface area contributed by atoms with Crippen molar-refractivity contribution in [1.82, 2.24) is 5.32 Å². The van der Waals surface area contributed by atoms with Crippen LogP contribution in [0.25, 0.3) is 0 Å². The summed E-state index contributed by atoms with van der Waals surface area (Å²) in [4.78, 5) is 0. The summed E-state index contributed by atoms with van der Waals surface area (Å²) >= 11 is 0. The maximum atomic E-state index is 4.62. The van der Waals surface area contributed by atoms with Gasteiger partial charge in [0.15, 0.2) is 0 Å². The van der Waals surface area contributed by atoms with Crippen molar-refractivity contribution in [2.45, 2.75) is 139 Å². The van der Waals surface area contributed by atoms with E-state index in [2.05, 4.69) is 5.32 Å². The van der Waals surface area contributed by atoms with E-state index in [1.807, 2.05) is 0 Å². The molecule has 25 heavy (non-hydrogen) atoms. The lowest BCUT2D eigenvalue weighted by Crippen LogP contribution is -2.65. The van der Waals surface area contributed by atoms with Gasteiger partial charge in [-0.25, -0.2) is 0 Å². The van der Waals surface area contributed by atoms with Crippen molar-refractivity contribution < 1.29 is 0 Å². The first-order chi connectivity index (χ1) is 12.3. The molecule has 0 bridgehead atoms. The van der Waals surface area contributed by atoms with Crippen LogP contribution in [0.4, 0.5) is 0 Å². The van der Waals surface area contributed by atoms with Crippen LogP contribution in [0.3, 0.4) is 0 Å². The summed E-state index contributed by atoms with van der Waals surface area (Å²) in [5.41, 5.74) is 1.04. The molecule has 1 nitrogen and oxygen atoms in total. The van der Waals surface area contributed by atoms with Gasteiger partial charge in [0.25, 0.3) is 0 Å². The Balaban J connectivity index is 1.58. The normalized spacial score (nSPS) is 31.7. The Morgan fingerprint density at radius 1 is 0.400 bits per heavy atom. The lowest BCUT2D eigenvalue weighted by molar-refractivity contribution is 0.0164. The molecule has 0 radical (unpaired) electrons. The van der Waals surface area contributed by atoms with Crippen LogP contribution in [0.5, 0.6) is 0 Å². The van der Waals surface area contributed by atoms with Crippen molar-refractivity contribution in [3.63, 3.8) is 0 Å². The molecular weight excluding hydrogens is 302 g/mol. The summed E-state index contributed by atoms with van der Waals surface area (Å²) in [6, 6.07) is 0. The van der Waals surface area contributed by atoms with Gasteiger partial charge in [0.2, 0.25) is 0 Å². The van der Waals surface area contributed by atoms with Gasteiger partial charge in [-0.1, -0.05) is 77.0 Å². The predicted molar refractivity (Wildman–Crippen MR) is 108 cm³/mol. The zero-order valence-corrected chi connectivity index (χ0v) is 16.8. The number of hydrogen-bond donors (Lipinski definition) is 1. The Kier molecular flexibility index (Phi) is 6.10. The van der Waals surface area contributed by atoms with Gasteiger partial charge in [-0.15, -0.1) is 0 Å². The lowest BCUT2D eigenvalue weighted by atomic mass is 9.62. The molecular formula is C24H43N. The van der Waals surface area contributed by atoms with Crippen molar-refractivity contribution in [3.05, 3.63) is 0 Å². The Bertz CT molecular complexity index is 352. The number of nitrogens with one attached hydrogen (secondary N) is 1. The van der Waals surface area contributed by atoms with Gasteiger partial charge in [0, 0.05) is 11.1 Å². The Morgan fingerprint density at radius 2 is 0.720 bits per heavy atom. The van der Waals surface area contributed by atoms with E-state index in [-0.39, 0.29) is 0 Å². The molecule has 0 heterocycles. The minimum absolute atomic E-state index is 0.521. The first kappa shape index (κ1) is 18.3. The van der Waals surface area contributed by atoms with Crippen LogP contribution in [0.2, 0.25) is 0 Å². The standard InChI is InChI=1S/C24H43N/c1-5-13-21(14-6-1)23(17-9-3-10-18-23)25-24(19-11-4-12-20-24)22-15-7-2-8-16-22/h21-22,25H,1-20H2. The van der Waals surface area contributed by atoms with Crippen molar-refractivity contribution in [2.24, 2.45) is 11.8 Å². The van der Waals surface area contributed by atoms with Crippen molar-refractivity contribution >= 4 is 0 Å². The van der Waals surface area contributed by atoms with Crippen molar-refractivity contribution in [3.8, 4) is 0 Å². The molecule has 4 aliphatic carbocycles. The van der Waals surface area contributed by atoms with Gasteiger partial charge in [0.05, 0.1) is 0 Å². The summed E-state index contributed by atoms with van der Waals surface area (Å²) in [5.74, 6) is 1.98. The maximum Gasteiger partial charge on any atom is 0.0215 e. The average molecular weight is 346 g/mol. The second kappa shape index (κ2) is 8.32. The summed E-state index contributed by atoms with van der Waals surface area (Å²) in [7, 11) is 0. The van der Waals surface area contributed by atoms with Gasteiger partial charge in [-0.2, -0.15) is 0 Å². The van der Waals surface area contributed by atoms with E-state index in [4.69, 9.17) is 0 Å². The molecule has 0 unspecified atom stereocenters. The van der Waals surface area contributed by atoms with Crippen LogP contribution in [-0.2, 0) is 0 Å². The van der Waals surface area contributed by atoms with E-state index in [9.17, 15) is 0 Å². The lowest BCUT2D eigenvalue weighted by Gasteiger charge is -2.56. The third-order valence-corrected chi connectivity index (χ3v) is 8.76. The van der Waals surface area contributed by atoms with E-state index >= 15 is 0 Å². The Labute approximate surface area is 157 Å². The van der Waals surface area contributed by atoms with E-state index < -0.39 is 0 Å². The highest BCUT2D eigenvalue weighted by atomic mass is 15.1. The molecule has 0 aliphatic heterocycles. The molecule has 4 rings (SSSR count). The van der Waals surface area contributed by atoms with Gasteiger partial charge in [0.1, 0.15) is 0 Å². The average Bonchev–Trinajstić information content (AvgIpc) is 2.71. The quantitative estimate of drug-likeness (QED) is 0.571. The van der Waals surface area contributed by atoms with Crippen LogP contribution in [0, 0.1) is 11.8 Å². The molecule has 0 aromatic rings. The Hall–Kier alpha value is -0.0400. The monoisotopic (exact) mass is 345 g/mol. The fraction of sp³-hybridized carbons (Fsp3) is 1.00. The van der Waals surface area contributed by atoms with Crippen LogP contribution in [0.15, 0.2) is 0 Å². The molecule has 4 aliphatic rings. The van der Waals surface area contributed by atoms with Crippen LogP contribution < -0.4 is 5.32 Å². The third kappa shape index (κ3) is 3.97. The summed E-state index contributed by atoms with van der Waals surface area (Å²) in [5, 5.41) is 4.62. The van der Waals surface area contributed by atoms with Crippen LogP contribution in [0.1, 0.15) is 128 Å². The fourth-order valence-corrected chi connectivity index (χ4v) is 7.44. The smallest absolute Gasteiger partial charge is 0.0215 e. The van der Waals surface area contributed by atoms with E-state index in [1.54, 1.807) is 0 Å². The highest BCUT2D eigenvalue weighted by Crippen LogP contribution is 2.48. The molecule has 0 aromatic carbocycles. The molecule has 0 spiro atoms. The SMILES string of the molecule is C1CCC(C2(NC3(C4CCCCC4)CCCCC3)CCCCC2)CC1. The maximum absolute atomic E-state index is 4.62. The molecule has 144 valence electrons. The van der Waals surface area contributed by atoms with Gasteiger partial charge in [-0.05, 0) is 63.2 Å². The highest BCUT2D eigenvalue weighted by Gasteiger charge is 2.48. The topological polar surface area (TPSA) is 12.0 Å². The van der Waals surface area contributed by atoms with Gasteiger partial charge >= 0.3 is 0 Å². The van der Waals surface area contributed by atoms with Crippen LogP contribution in [-0.4, -0.2) is 11.1 Å². The predicted octanol–water partition coefficient (Wildman–Crippen LogP) is 7.14. The minimum atomic E-state index is 0.521.